The summed E-state index contributed by atoms with van der Waals surface area (Å²) in [7, 11) is 0. The summed E-state index contributed by atoms with van der Waals surface area (Å²) in [4.78, 5) is 24.5. The standard InChI is InChI=1S/C28H34O6/c1-7-10-21-17-22(26(32-9-3)18-25(21)31-8-2)13-16-24(29)20-11-14-23(15-12-20)33-19-34-27(30)28(4,5)6/h7,11-18H,1,8-10,19H2,2-6H3/b16-13+. The zero-order chi connectivity index (χ0) is 25.1. The lowest BCUT2D eigenvalue weighted by atomic mass is 9.98. The molecule has 0 fully saturated rings. The second kappa shape index (κ2) is 12.6. The van der Waals surface area contributed by atoms with Gasteiger partial charge in [-0.3, -0.25) is 9.59 Å². The van der Waals surface area contributed by atoms with Gasteiger partial charge in [0.15, 0.2) is 5.78 Å². The minimum atomic E-state index is -0.593. The first kappa shape index (κ1) is 26.7. The highest BCUT2D eigenvalue weighted by Gasteiger charge is 2.23. The van der Waals surface area contributed by atoms with Crippen molar-refractivity contribution in [3.8, 4) is 17.2 Å². The van der Waals surface area contributed by atoms with Crippen LogP contribution in [-0.4, -0.2) is 31.8 Å². The number of allylic oxidation sites excluding steroid dienone is 2. The normalized spacial score (nSPS) is 11.2. The van der Waals surface area contributed by atoms with Crippen molar-refractivity contribution in [3.63, 3.8) is 0 Å². The Kier molecular flexibility index (Phi) is 9.92. The van der Waals surface area contributed by atoms with Crippen LogP contribution in [0, 0.1) is 5.41 Å². The molecule has 2 aromatic rings. The molecule has 182 valence electrons. The van der Waals surface area contributed by atoms with E-state index in [0.717, 1.165) is 16.9 Å². The molecule has 6 heteroatoms. The maximum Gasteiger partial charge on any atom is 0.314 e. The summed E-state index contributed by atoms with van der Waals surface area (Å²) in [5, 5.41) is 0. The van der Waals surface area contributed by atoms with Crippen molar-refractivity contribution in [2.45, 2.75) is 41.0 Å². The van der Waals surface area contributed by atoms with Crippen LogP contribution in [0.1, 0.15) is 56.1 Å². The molecule has 0 unspecified atom stereocenters. The first-order valence-corrected chi connectivity index (χ1v) is 11.4. The minimum absolute atomic E-state index is 0.160. The van der Waals surface area contributed by atoms with Gasteiger partial charge in [-0.05, 0) is 89.1 Å². The number of hydrogen-bond donors (Lipinski definition) is 0. The van der Waals surface area contributed by atoms with E-state index in [0.29, 0.717) is 36.7 Å². The molecule has 0 amide bonds. The molecule has 0 heterocycles. The predicted octanol–water partition coefficient (Wildman–Crippen LogP) is 6.03. The molecule has 0 aliphatic heterocycles. The fourth-order valence-electron chi connectivity index (χ4n) is 2.99. The van der Waals surface area contributed by atoms with Gasteiger partial charge in [0, 0.05) is 17.2 Å². The van der Waals surface area contributed by atoms with Crippen LogP contribution < -0.4 is 14.2 Å². The van der Waals surface area contributed by atoms with E-state index in [4.69, 9.17) is 18.9 Å². The van der Waals surface area contributed by atoms with Crippen molar-refractivity contribution in [1.82, 2.24) is 0 Å². The maximum atomic E-state index is 12.7. The zero-order valence-corrected chi connectivity index (χ0v) is 20.7. The van der Waals surface area contributed by atoms with Crippen LogP contribution in [0.3, 0.4) is 0 Å². The fraction of sp³-hybridized carbons (Fsp3) is 0.357. The van der Waals surface area contributed by atoms with Crippen LogP contribution in [0.4, 0.5) is 0 Å². The van der Waals surface area contributed by atoms with E-state index in [2.05, 4.69) is 6.58 Å². The molecule has 0 atom stereocenters. The van der Waals surface area contributed by atoms with Crippen molar-refractivity contribution < 1.29 is 28.5 Å². The van der Waals surface area contributed by atoms with E-state index in [1.807, 2.05) is 32.1 Å². The van der Waals surface area contributed by atoms with Gasteiger partial charge >= 0.3 is 5.97 Å². The molecule has 0 saturated carbocycles. The molecule has 0 bridgehead atoms. The van der Waals surface area contributed by atoms with Crippen LogP contribution in [0.5, 0.6) is 17.2 Å². The summed E-state index contributed by atoms with van der Waals surface area (Å²) in [6, 6.07) is 10.5. The van der Waals surface area contributed by atoms with Crippen LogP contribution in [0.25, 0.3) is 6.08 Å². The molecule has 2 aromatic carbocycles. The number of esters is 1. The van der Waals surface area contributed by atoms with E-state index in [9.17, 15) is 9.59 Å². The van der Waals surface area contributed by atoms with Crippen molar-refractivity contribution >= 4 is 17.8 Å². The topological polar surface area (TPSA) is 71.1 Å². The van der Waals surface area contributed by atoms with Crippen LogP contribution in [0.2, 0.25) is 0 Å². The number of carbonyl (C=O) groups excluding carboxylic acids is 2. The van der Waals surface area contributed by atoms with E-state index in [1.54, 1.807) is 51.1 Å². The van der Waals surface area contributed by atoms with E-state index < -0.39 is 5.41 Å². The molecule has 6 nitrogen and oxygen atoms in total. The first-order valence-electron chi connectivity index (χ1n) is 11.4. The molecule has 2 rings (SSSR count). The average Bonchev–Trinajstić information content (AvgIpc) is 2.79. The van der Waals surface area contributed by atoms with E-state index >= 15 is 0 Å². The third kappa shape index (κ3) is 7.80. The number of benzene rings is 2. The van der Waals surface area contributed by atoms with Gasteiger partial charge in [-0.2, -0.15) is 0 Å². The molecular formula is C28H34O6. The van der Waals surface area contributed by atoms with Gasteiger partial charge in [0.1, 0.15) is 17.2 Å². The van der Waals surface area contributed by atoms with Gasteiger partial charge in [0.25, 0.3) is 0 Å². The molecule has 0 radical (unpaired) electrons. The number of hydrogen-bond acceptors (Lipinski definition) is 6. The largest absolute Gasteiger partial charge is 0.493 e. The Morgan fingerprint density at radius 1 is 0.941 bits per heavy atom. The number of ether oxygens (including phenoxy) is 4. The number of carbonyl (C=O) groups is 2. The first-order chi connectivity index (χ1) is 16.2. The monoisotopic (exact) mass is 466 g/mol. The predicted molar refractivity (Wildman–Crippen MR) is 134 cm³/mol. The molecule has 34 heavy (non-hydrogen) atoms. The maximum absolute atomic E-state index is 12.7. The summed E-state index contributed by atoms with van der Waals surface area (Å²) < 4.78 is 22.0. The highest BCUT2D eigenvalue weighted by molar-refractivity contribution is 6.07. The summed E-state index contributed by atoms with van der Waals surface area (Å²) in [5.41, 5.74) is 1.67. The van der Waals surface area contributed by atoms with E-state index in [1.165, 1.54) is 6.08 Å². The van der Waals surface area contributed by atoms with Crippen LogP contribution >= 0.6 is 0 Å². The zero-order valence-electron chi connectivity index (χ0n) is 20.7. The number of rotatable bonds is 12. The highest BCUT2D eigenvalue weighted by Crippen LogP contribution is 2.31. The lowest BCUT2D eigenvalue weighted by Gasteiger charge is -2.16. The quantitative estimate of drug-likeness (QED) is 0.125. The summed E-state index contributed by atoms with van der Waals surface area (Å²) in [5.74, 6) is 1.39. The SMILES string of the molecule is C=CCc1cc(/C=C/C(=O)c2ccc(OCOC(=O)C(C)(C)C)cc2)c(OCC)cc1OCC. The molecule has 0 spiro atoms. The fourth-order valence-corrected chi connectivity index (χ4v) is 2.99. The Balaban J connectivity index is 2.11. The van der Waals surface area contributed by atoms with Crippen molar-refractivity contribution in [1.29, 1.82) is 0 Å². The van der Waals surface area contributed by atoms with Crippen molar-refractivity contribution in [3.05, 3.63) is 71.8 Å². The Hall–Kier alpha value is -3.54. The molecule has 0 saturated heterocycles. The second-order valence-electron chi connectivity index (χ2n) is 8.52. The van der Waals surface area contributed by atoms with Gasteiger partial charge in [0.05, 0.1) is 18.6 Å². The minimum Gasteiger partial charge on any atom is -0.493 e. The lowest BCUT2D eigenvalue weighted by Crippen LogP contribution is -2.24. The van der Waals surface area contributed by atoms with Crippen molar-refractivity contribution in [2.24, 2.45) is 5.41 Å². The Morgan fingerprint density at radius 3 is 2.18 bits per heavy atom. The summed E-state index contributed by atoms with van der Waals surface area (Å²) in [6.07, 6.45) is 5.70. The highest BCUT2D eigenvalue weighted by atomic mass is 16.7. The van der Waals surface area contributed by atoms with Crippen molar-refractivity contribution in [2.75, 3.05) is 20.0 Å². The third-order valence-corrected chi connectivity index (χ3v) is 4.74. The van der Waals surface area contributed by atoms with Crippen LogP contribution in [-0.2, 0) is 16.0 Å². The average molecular weight is 467 g/mol. The summed E-state index contributed by atoms with van der Waals surface area (Å²) >= 11 is 0. The van der Waals surface area contributed by atoms with Crippen LogP contribution in [0.15, 0.2) is 55.1 Å². The van der Waals surface area contributed by atoms with Gasteiger partial charge in [0.2, 0.25) is 6.79 Å². The molecule has 0 N–H and O–H groups in total. The Morgan fingerprint density at radius 2 is 1.59 bits per heavy atom. The molecule has 0 aromatic heterocycles. The van der Waals surface area contributed by atoms with Gasteiger partial charge in [-0.1, -0.05) is 6.08 Å². The second-order valence-corrected chi connectivity index (χ2v) is 8.52. The van der Waals surface area contributed by atoms with Gasteiger partial charge in [-0.15, -0.1) is 6.58 Å². The van der Waals surface area contributed by atoms with Gasteiger partial charge < -0.3 is 18.9 Å². The Labute approximate surface area is 202 Å². The van der Waals surface area contributed by atoms with Gasteiger partial charge in [-0.25, -0.2) is 0 Å². The molecule has 0 aliphatic carbocycles. The lowest BCUT2D eigenvalue weighted by molar-refractivity contribution is -0.159. The third-order valence-electron chi connectivity index (χ3n) is 4.74. The Bertz CT molecular complexity index is 1010. The number of ketones is 1. The smallest absolute Gasteiger partial charge is 0.314 e. The molecule has 0 aliphatic rings. The summed E-state index contributed by atoms with van der Waals surface area (Å²) in [6.45, 7) is 13.8. The van der Waals surface area contributed by atoms with E-state index in [-0.39, 0.29) is 18.5 Å². The molecular weight excluding hydrogens is 432 g/mol.